The molecule has 0 N–H and O–H groups in total. The standard InChI is InChI=1S/C33H30F3N5O3/c1-21(2)19-27-37-30(40-15-17-41(18-16-40)32(42)22-11-13-24(14-12-22)33(34,35)36)28-29(39-44-31(28)38-27)23-7-6-10-26(20-23)43-25-8-4-3-5-9-25/h3-14,20-21H,15-19H2,1-2H3. The summed E-state index contributed by atoms with van der Waals surface area (Å²) < 4.78 is 50.7. The Morgan fingerprint density at radius 2 is 1.61 bits per heavy atom. The van der Waals surface area contributed by atoms with Crippen LogP contribution in [0.15, 0.2) is 83.4 Å². The third-order valence-electron chi connectivity index (χ3n) is 7.37. The van der Waals surface area contributed by atoms with E-state index in [2.05, 4.69) is 28.9 Å². The highest BCUT2D eigenvalue weighted by atomic mass is 19.4. The van der Waals surface area contributed by atoms with E-state index in [9.17, 15) is 18.0 Å². The zero-order valence-corrected chi connectivity index (χ0v) is 24.2. The monoisotopic (exact) mass is 601 g/mol. The Labute approximate surface area is 252 Å². The van der Waals surface area contributed by atoms with Crippen molar-refractivity contribution < 1.29 is 27.2 Å². The molecule has 1 aliphatic rings. The van der Waals surface area contributed by atoms with Crippen LogP contribution in [0.2, 0.25) is 0 Å². The molecule has 0 radical (unpaired) electrons. The number of aromatic nitrogens is 3. The van der Waals surface area contributed by atoms with Crippen molar-refractivity contribution in [2.75, 3.05) is 31.1 Å². The minimum absolute atomic E-state index is 0.217. The lowest BCUT2D eigenvalue weighted by Crippen LogP contribution is -2.49. The first-order valence-corrected chi connectivity index (χ1v) is 14.4. The van der Waals surface area contributed by atoms with Crippen LogP contribution in [0.1, 0.15) is 35.6 Å². The van der Waals surface area contributed by atoms with Gasteiger partial charge in [0.15, 0.2) is 0 Å². The van der Waals surface area contributed by atoms with Crippen molar-refractivity contribution in [3.8, 4) is 22.8 Å². The number of ether oxygens (including phenoxy) is 1. The van der Waals surface area contributed by atoms with Crippen LogP contribution < -0.4 is 9.64 Å². The van der Waals surface area contributed by atoms with Crippen LogP contribution >= 0.6 is 0 Å². The van der Waals surface area contributed by atoms with Crippen LogP contribution in [0, 0.1) is 5.92 Å². The third-order valence-corrected chi connectivity index (χ3v) is 7.37. The van der Waals surface area contributed by atoms with Gasteiger partial charge < -0.3 is 19.1 Å². The molecule has 0 unspecified atom stereocenters. The van der Waals surface area contributed by atoms with Gasteiger partial charge in [0.25, 0.3) is 11.6 Å². The molecule has 1 amide bonds. The number of carbonyl (C=O) groups is 1. The van der Waals surface area contributed by atoms with Crippen molar-refractivity contribution >= 4 is 22.8 Å². The first-order valence-electron chi connectivity index (χ1n) is 14.4. The highest BCUT2D eigenvalue weighted by Crippen LogP contribution is 2.36. The van der Waals surface area contributed by atoms with Crippen LogP contribution in [-0.2, 0) is 12.6 Å². The molecule has 6 rings (SSSR count). The topological polar surface area (TPSA) is 84.6 Å². The summed E-state index contributed by atoms with van der Waals surface area (Å²) >= 11 is 0. The average Bonchev–Trinajstić information content (AvgIpc) is 3.44. The normalized spacial score (nSPS) is 14.0. The highest BCUT2D eigenvalue weighted by molar-refractivity contribution is 5.98. The average molecular weight is 602 g/mol. The fourth-order valence-corrected chi connectivity index (χ4v) is 5.20. The molecule has 3 aromatic carbocycles. The Bertz CT molecular complexity index is 1760. The maximum atomic E-state index is 13.1. The van der Waals surface area contributed by atoms with Gasteiger partial charge >= 0.3 is 6.18 Å². The molecule has 0 aliphatic carbocycles. The number of amides is 1. The van der Waals surface area contributed by atoms with Crippen molar-refractivity contribution in [1.29, 1.82) is 0 Å². The number of hydrogen-bond donors (Lipinski definition) is 0. The van der Waals surface area contributed by atoms with E-state index in [1.807, 2.05) is 54.6 Å². The summed E-state index contributed by atoms with van der Waals surface area (Å²) in [6.45, 7) is 5.83. The lowest BCUT2D eigenvalue weighted by Gasteiger charge is -2.35. The number of nitrogens with zero attached hydrogens (tertiary/aromatic N) is 5. The summed E-state index contributed by atoms with van der Waals surface area (Å²) in [4.78, 5) is 26.5. The van der Waals surface area contributed by atoms with Crippen molar-refractivity contribution in [3.63, 3.8) is 0 Å². The van der Waals surface area contributed by atoms with Crippen LogP contribution in [0.5, 0.6) is 11.5 Å². The molecule has 1 aliphatic heterocycles. The van der Waals surface area contributed by atoms with Gasteiger partial charge in [0.05, 0.1) is 5.56 Å². The van der Waals surface area contributed by atoms with Gasteiger partial charge in [0.1, 0.15) is 34.2 Å². The largest absolute Gasteiger partial charge is 0.457 e. The molecule has 8 nitrogen and oxygen atoms in total. The molecule has 1 fully saturated rings. The van der Waals surface area contributed by atoms with Crippen LogP contribution in [-0.4, -0.2) is 52.1 Å². The summed E-state index contributed by atoms with van der Waals surface area (Å²) in [7, 11) is 0. The predicted octanol–water partition coefficient (Wildman–Crippen LogP) is 7.26. The molecule has 0 atom stereocenters. The number of para-hydroxylation sites is 1. The number of fused-ring (bicyclic) bond motifs is 1. The zero-order chi connectivity index (χ0) is 30.8. The smallest absolute Gasteiger partial charge is 0.416 e. The molecule has 0 saturated carbocycles. The zero-order valence-electron chi connectivity index (χ0n) is 24.2. The second-order valence-electron chi connectivity index (χ2n) is 11.1. The van der Waals surface area contributed by atoms with Gasteiger partial charge in [-0.2, -0.15) is 18.2 Å². The molecule has 0 spiro atoms. The SMILES string of the molecule is CC(C)Cc1nc(N2CCN(C(=O)c3ccc(C(F)(F)F)cc3)CC2)c2c(-c3cccc(Oc4ccccc4)c3)noc2n1. The Morgan fingerprint density at radius 3 is 2.30 bits per heavy atom. The van der Waals surface area contributed by atoms with Crippen molar-refractivity contribution in [1.82, 2.24) is 20.0 Å². The van der Waals surface area contributed by atoms with Gasteiger partial charge in [-0.1, -0.05) is 49.3 Å². The van der Waals surface area contributed by atoms with E-state index < -0.39 is 11.7 Å². The number of rotatable bonds is 7. The number of alkyl halides is 3. The second kappa shape index (κ2) is 12.0. The Hall–Kier alpha value is -4.93. The first kappa shape index (κ1) is 29.2. The molecule has 1 saturated heterocycles. The molecule has 2 aromatic heterocycles. The number of piperazine rings is 1. The molecule has 3 heterocycles. The summed E-state index contributed by atoms with van der Waals surface area (Å²) in [5.41, 5.74) is 1.15. The van der Waals surface area contributed by atoms with Gasteiger partial charge in [-0.05, 0) is 54.4 Å². The molecule has 226 valence electrons. The summed E-state index contributed by atoms with van der Waals surface area (Å²) in [6.07, 6.45) is -3.81. The summed E-state index contributed by atoms with van der Waals surface area (Å²) in [5.74, 6) is 2.65. The summed E-state index contributed by atoms with van der Waals surface area (Å²) in [5, 5.41) is 5.06. The van der Waals surface area contributed by atoms with Gasteiger partial charge in [0, 0.05) is 43.7 Å². The molecular weight excluding hydrogens is 571 g/mol. The van der Waals surface area contributed by atoms with Crippen molar-refractivity contribution in [2.24, 2.45) is 5.92 Å². The third kappa shape index (κ3) is 6.22. The number of benzene rings is 3. The number of halogens is 3. The number of hydrogen-bond acceptors (Lipinski definition) is 7. The van der Waals surface area contributed by atoms with E-state index >= 15 is 0 Å². The van der Waals surface area contributed by atoms with E-state index in [1.165, 1.54) is 12.1 Å². The maximum Gasteiger partial charge on any atom is 0.416 e. The first-order chi connectivity index (χ1) is 21.2. The van der Waals surface area contributed by atoms with Gasteiger partial charge in [0.2, 0.25) is 0 Å². The fraction of sp³-hybridized carbons (Fsp3) is 0.273. The van der Waals surface area contributed by atoms with E-state index in [4.69, 9.17) is 14.2 Å². The Kier molecular flexibility index (Phi) is 7.94. The molecule has 11 heteroatoms. The molecule has 0 bridgehead atoms. The van der Waals surface area contributed by atoms with E-state index in [0.717, 1.165) is 17.7 Å². The second-order valence-corrected chi connectivity index (χ2v) is 11.1. The highest BCUT2D eigenvalue weighted by Gasteiger charge is 2.31. The van der Waals surface area contributed by atoms with Crippen LogP contribution in [0.25, 0.3) is 22.4 Å². The quantitative estimate of drug-likeness (QED) is 0.194. The fourth-order valence-electron chi connectivity index (χ4n) is 5.20. The van der Waals surface area contributed by atoms with Gasteiger partial charge in [-0.15, -0.1) is 0 Å². The van der Waals surface area contributed by atoms with E-state index in [1.54, 1.807) is 4.90 Å². The molecule has 5 aromatic rings. The lowest BCUT2D eigenvalue weighted by molar-refractivity contribution is -0.137. The number of anilines is 1. The lowest BCUT2D eigenvalue weighted by atomic mass is 10.1. The van der Waals surface area contributed by atoms with Crippen LogP contribution in [0.3, 0.4) is 0 Å². The van der Waals surface area contributed by atoms with Crippen molar-refractivity contribution in [3.05, 3.63) is 95.8 Å². The number of carbonyl (C=O) groups excluding carboxylic acids is 1. The van der Waals surface area contributed by atoms with Gasteiger partial charge in [-0.25, -0.2) is 4.98 Å². The van der Waals surface area contributed by atoms with E-state index in [-0.39, 0.29) is 11.5 Å². The van der Waals surface area contributed by atoms with Crippen molar-refractivity contribution in [2.45, 2.75) is 26.4 Å². The Balaban J connectivity index is 1.28. The molecule has 44 heavy (non-hydrogen) atoms. The van der Waals surface area contributed by atoms with E-state index in [0.29, 0.717) is 78.5 Å². The molecular formula is C33H30F3N5O3. The minimum Gasteiger partial charge on any atom is -0.457 e. The van der Waals surface area contributed by atoms with Gasteiger partial charge in [-0.3, -0.25) is 4.79 Å². The Morgan fingerprint density at radius 1 is 0.909 bits per heavy atom. The maximum absolute atomic E-state index is 13.1. The predicted molar refractivity (Wildman–Crippen MR) is 160 cm³/mol. The van der Waals surface area contributed by atoms with Crippen LogP contribution in [0.4, 0.5) is 19.0 Å². The summed E-state index contributed by atoms with van der Waals surface area (Å²) in [6, 6.07) is 21.4. The minimum atomic E-state index is -4.46.